The van der Waals surface area contributed by atoms with Crippen LogP contribution in [0.3, 0.4) is 0 Å². The first-order chi connectivity index (χ1) is 9.70. The van der Waals surface area contributed by atoms with Crippen molar-refractivity contribution in [3.63, 3.8) is 0 Å². The highest BCUT2D eigenvalue weighted by molar-refractivity contribution is 14.1. The predicted molar refractivity (Wildman–Crippen MR) is 91.3 cm³/mol. The maximum Gasteiger partial charge on any atom is 0.151 e. The summed E-state index contributed by atoms with van der Waals surface area (Å²) in [4.78, 5) is 0.812. The smallest absolute Gasteiger partial charge is 0.151 e. The normalized spacial score (nSPS) is 12.7. The topological polar surface area (TPSA) is 30.2 Å². The van der Waals surface area contributed by atoms with E-state index in [0.717, 1.165) is 30.8 Å². The molecular weight excluding hydrogens is 383 g/mol. The lowest BCUT2D eigenvalue weighted by atomic mass is 10.1. The first-order valence-electron chi connectivity index (χ1n) is 6.36. The molecule has 0 saturated heterocycles. The minimum atomic E-state index is -1.05. The van der Waals surface area contributed by atoms with Gasteiger partial charge >= 0.3 is 0 Å². The molecule has 0 aliphatic carbocycles. The molecule has 4 heteroatoms. The van der Waals surface area contributed by atoms with Crippen molar-refractivity contribution in [2.24, 2.45) is 0 Å². The van der Waals surface area contributed by atoms with Gasteiger partial charge < -0.3 is 4.42 Å². The van der Waals surface area contributed by atoms with Crippen LogP contribution in [0, 0.1) is 3.57 Å². The Morgan fingerprint density at radius 1 is 1.15 bits per heavy atom. The van der Waals surface area contributed by atoms with E-state index in [0.29, 0.717) is 5.75 Å². The van der Waals surface area contributed by atoms with Crippen molar-refractivity contribution in [1.82, 2.24) is 0 Å². The van der Waals surface area contributed by atoms with Gasteiger partial charge in [-0.05, 0) is 40.8 Å². The van der Waals surface area contributed by atoms with Crippen molar-refractivity contribution in [1.29, 1.82) is 0 Å². The van der Waals surface area contributed by atoms with Gasteiger partial charge in [0.25, 0.3) is 0 Å². The van der Waals surface area contributed by atoms with Gasteiger partial charge in [-0.3, -0.25) is 4.21 Å². The molecule has 1 atom stereocenters. The average Bonchev–Trinajstić information content (AvgIpc) is 2.86. The Kier molecular flexibility index (Phi) is 3.94. The second-order valence-corrected chi connectivity index (χ2v) is 7.32. The third-order valence-corrected chi connectivity index (χ3v) is 5.19. The third-order valence-electron chi connectivity index (χ3n) is 3.13. The number of hydrogen-bond acceptors (Lipinski definition) is 2. The number of rotatable bonds is 3. The van der Waals surface area contributed by atoms with Crippen LogP contribution in [-0.2, 0) is 10.8 Å². The van der Waals surface area contributed by atoms with E-state index < -0.39 is 10.8 Å². The van der Waals surface area contributed by atoms with Gasteiger partial charge in [-0.25, -0.2) is 0 Å². The molecule has 0 aliphatic heterocycles. The molecule has 20 heavy (non-hydrogen) atoms. The van der Waals surface area contributed by atoms with Crippen LogP contribution in [-0.4, -0.2) is 9.96 Å². The van der Waals surface area contributed by atoms with Gasteiger partial charge in [-0.2, -0.15) is 0 Å². The zero-order valence-electron chi connectivity index (χ0n) is 10.9. The fourth-order valence-corrected chi connectivity index (χ4v) is 3.75. The lowest BCUT2D eigenvalue weighted by molar-refractivity contribution is 0.622. The molecule has 0 spiro atoms. The minimum Gasteiger partial charge on any atom is -0.455 e. The summed E-state index contributed by atoms with van der Waals surface area (Å²) < 4.78 is 19.5. The zero-order valence-corrected chi connectivity index (χ0v) is 13.9. The molecule has 1 heterocycles. The van der Waals surface area contributed by atoms with Crippen molar-refractivity contribution in [3.05, 3.63) is 52.1 Å². The monoisotopic (exact) mass is 396 g/mol. The molecule has 0 fully saturated rings. The predicted octanol–water partition coefficient (Wildman–Crippen LogP) is 4.83. The summed E-state index contributed by atoms with van der Waals surface area (Å²) in [7, 11) is -1.05. The maximum absolute atomic E-state index is 12.4. The summed E-state index contributed by atoms with van der Waals surface area (Å²) in [5.41, 5.74) is 1.76. The summed E-state index contributed by atoms with van der Waals surface area (Å²) in [5, 5.41) is 0.955. The van der Waals surface area contributed by atoms with E-state index in [2.05, 4.69) is 22.6 Å². The Labute approximate surface area is 133 Å². The van der Waals surface area contributed by atoms with Crippen LogP contribution in [0.1, 0.15) is 6.92 Å². The van der Waals surface area contributed by atoms with Crippen molar-refractivity contribution >= 4 is 44.4 Å². The van der Waals surface area contributed by atoms with Gasteiger partial charge in [-0.1, -0.05) is 37.3 Å². The third kappa shape index (κ3) is 2.42. The zero-order chi connectivity index (χ0) is 14.1. The molecule has 0 aliphatic rings. The summed E-state index contributed by atoms with van der Waals surface area (Å²) in [6.45, 7) is 1.93. The summed E-state index contributed by atoms with van der Waals surface area (Å²) >= 11 is 2.26. The van der Waals surface area contributed by atoms with Gasteiger partial charge in [0, 0.05) is 20.3 Å². The Hall–Kier alpha value is -1.14. The van der Waals surface area contributed by atoms with Crippen LogP contribution in [0.5, 0.6) is 0 Å². The van der Waals surface area contributed by atoms with Crippen LogP contribution in [0.25, 0.3) is 22.3 Å². The summed E-state index contributed by atoms with van der Waals surface area (Å²) in [6.07, 6.45) is 0. The number of furan rings is 1. The molecule has 0 unspecified atom stereocenters. The van der Waals surface area contributed by atoms with Gasteiger partial charge in [0.15, 0.2) is 5.76 Å². The van der Waals surface area contributed by atoms with Crippen molar-refractivity contribution in [2.75, 3.05) is 5.75 Å². The van der Waals surface area contributed by atoms with Crippen molar-refractivity contribution in [3.8, 4) is 11.3 Å². The highest BCUT2D eigenvalue weighted by atomic mass is 127. The van der Waals surface area contributed by atoms with Gasteiger partial charge in [0.05, 0.1) is 15.7 Å². The SMILES string of the molecule is CC[S@@](=O)c1c(-c2ccccc2)oc2ccc(I)cc12. The quantitative estimate of drug-likeness (QED) is 0.594. The van der Waals surface area contributed by atoms with E-state index >= 15 is 0 Å². The number of hydrogen-bond donors (Lipinski definition) is 0. The lowest BCUT2D eigenvalue weighted by Gasteiger charge is -2.01. The number of benzene rings is 2. The minimum absolute atomic E-state index is 0.583. The van der Waals surface area contributed by atoms with Crippen LogP contribution in [0.15, 0.2) is 57.8 Å². The second-order valence-electron chi connectivity index (χ2n) is 4.40. The molecule has 2 aromatic carbocycles. The van der Waals surface area contributed by atoms with E-state index in [-0.39, 0.29) is 0 Å². The first kappa shape index (κ1) is 13.8. The molecule has 0 saturated carbocycles. The van der Waals surface area contributed by atoms with Crippen molar-refractivity contribution < 1.29 is 8.63 Å². The van der Waals surface area contributed by atoms with E-state index in [4.69, 9.17) is 4.42 Å². The molecule has 3 aromatic rings. The van der Waals surface area contributed by atoms with E-state index in [1.165, 1.54) is 0 Å². The molecule has 102 valence electrons. The maximum atomic E-state index is 12.4. The van der Waals surface area contributed by atoms with E-state index in [9.17, 15) is 4.21 Å². The van der Waals surface area contributed by atoms with Gasteiger partial charge in [0.1, 0.15) is 5.58 Å². The Morgan fingerprint density at radius 2 is 1.90 bits per heavy atom. The number of halogens is 1. The lowest BCUT2D eigenvalue weighted by Crippen LogP contribution is -1.95. The summed E-state index contributed by atoms with van der Waals surface area (Å²) in [6, 6.07) is 15.8. The molecule has 0 radical (unpaired) electrons. The fraction of sp³-hybridized carbons (Fsp3) is 0.125. The van der Waals surface area contributed by atoms with Crippen LogP contribution in [0.4, 0.5) is 0 Å². The highest BCUT2D eigenvalue weighted by Gasteiger charge is 2.20. The largest absolute Gasteiger partial charge is 0.455 e. The fourth-order valence-electron chi connectivity index (χ4n) is 2.20. The molecular formula is C16H13IO2S. The first-order valence-corrected chi connectivity index (χ1v) is 8.76. The highest BCUT2D eigenvalue weighted by Crippen LogP contribution is 2.36. The number of fused-ring (bicyclic) bond motifs is 1. The molecule has 0 bridgehead atoms. The van der Waals surface area contributed by atoms with Gasteiger partial charge in [-0.15, -0.1) is 0 Å². The average molecular weight is 396 g/mol. The Balaban J connectivity index is 2.34. The second kappa shape index (κ2) is 5.69. The molecule has 2 nitrogen and oxygen atoms in total. The Bertz CT molecular complexity index is 778. The Morgan fingerprint density at radius 3 is 2.60 bits per heavy atom. The van der Waals surface area contributed by atoms with Crippen LogP contribution >= 0.6 is 22.6 Å². The molecule has 1 aromatic heterocycles. The summed E-state index contributed by atoms with van der Waals surface area (Å²) in [5.74, 6) is 1.31. The van der Waals surface area contributed by atoms with E-state index in [1.54, 1.807) is 0 Å². The van der Waals surface area contributed by atoms with Crippen LogP contribution in [0.2, 0.25) is 0 Å². The standard InChI is InChI=1S/C16H13IO2S/c1-2-20(18)16-13-10-12(17)8-9-14(13)19-15(16)11-6-4-3-5-7-11/h3-10H,2H2,1H3/t20-/m1/s1. The van der Waals surface area contributed by atoms with Crippen molar-refractivity contribution in [2.45, 2.75) is 11.8 Å². The molecule has 0 amide bonds. The van der Waals surface area contributed by atoms with E-state index in [1.807, 2.05) is 55.5 Å². The molecule has 0 N–H and O–H groups in total. The van der Waals surface area contributed by atoms with Gasteiger partial charge in [0.2, 0.25) is 0 Å². The molecule has 3 rings (SSSR count). The van der Waals surface area contributed by atoms with Crippen LogP contribution < -0.4 is 0 Å².